The van der Waals surface area contributed by atoms with Gasteiger partial charge in [0.05, 0.1) is 13.2 Å². The Kier molecular flexibility index (Phi) is 4.43. The van der Waals surface area contributed by atoms with E-state index in [9.17, 15) is 0 Å². The summed E-state index contributed by atoms with van der Waals surface area (Å²) in [4.78, 5) is 2.31. The van der Waals surface area contributed by atoms with E-state index >= 15 is 0 Å². The minimum atomic E-state index is 0.707. The zero-order valence-corrected chi connectivity index (χ0v) is 11.5. The molecule has 0 aromatic heterocycles. The first-order valence-electron chi connectivity index (χ1n) is 6.77. The van der Waals surface area contributed by atoms with Crippen LogP contribution >= 0.6 is 0 Å². The lowest BCUT2D eigenvalue weighted by Gasteiger charge is -2.30. The molecule has 1 aliphatic rings. The summed E-state index contributed by atoms with van der Waals surface area (Å²) in [5, 5.41) is 0. The van der Waals surface area contributed by atoms with Gasteiger partial charge in [-0.3, -0.25) is 0 Å². The first kappa shape index (κ1) is 13.2. The van der Waals surface area contributed by atoms with E-state index < -0.39 is 0 Å². The van der Waals surface area contributed by atoms with Crippen molar-refractivity contribution in [3.8, 4) is 0 Å². The summed E-state index contributed by atoms with van der Waals surface area (Å²) in [5.74, 6) is 0.707. The van der Waals surface area contributed by atoms with Crippen LogP contribution in [0.1, 0.15) is 25.0 Å². The van der Waals surface area contributed by atoms with Crippen molar-refractivity contribution in [1.82, 2.24) is 4.90 Å². The predicted octanol–water partition coefficient (Wildman–Crippen LogP) is 3.19. The Morgan fingerprint density at radius 3 is 2.39 bits per heavy atom. The average molecular weight is 245 g/mol. The monoisotopic (exact) mass is 245 g/mol. The molecular weight excluding hydrogens is 222 g/mol. The smallest absolute Gasteiger partial charge is 0.0642 e. The Morgan fingerprint density at radius 1 is 1.22 bits per heavy atom. The van der Waals surface area contributed by atoms with Crippen molar-refractivity contribution >= 4 is 5.70 Å². The maximum atomic E-state index is 5.37. The zero-order chi connectivity index (χ0) is 13.0. The van der Waals surface area contributed by atoms with Crippen molar-refractivity contribution in [2.24, 2.45) is 5.92 Å². The van der Waals surface area contributed by atoms with Gasteiger partial charge in [-0.2, -0.15) is 0 Å². The minimum Gasteiger partial charge on any atom is -0.378 e. The van der Waals surface area contributed by atoms with Crippen molar-refractivity contribution in [3.05, 3.63) is 42.0 Å². The molecule has 0 saturated carbocycles. The largest absolute Gasteiger partial charge is 0.378 e. The molecule has 0 N–H and O–H groups in total. The van der Waals surface area contributed by atoms with E-state index in [1.54, 1.807) is 0 Å². The second-order valence-electron chi connectivity index (χ2n) is 5.34. The summed E-state index contributed by atoms with van der Waals surface area (Å²) in [7, 11) is 0. The van der Waals surface area contributed by atoms with Gasteiger partial charge in [0, 0.05) is 18.8 Å². The van der Waals surface area contributed by atoms with Gasteiger partial charge in [0.2, 0.25) is 0 Å². The Balaban J connectivity index is 2.02. The molecule has 1 heterocycles. The SMILES string of the molecule is C=C(c1ccc(CC(C)C)cc1)N1CCOCC1. The summed E-state index contributed by atoms with van der Waals surface area (Å²) in [6.07, 6.45) is 1.14. The van der Waals surface area contributed by atoms with Crippen LogP contribution < -0.4 is 0 Å². The lowest BCUT2D eigenvalue weighted by molar-refractivity contribution is 0.0641. The van der Waals surface area contributed by atoms with Crippen LogP contribution in [0.2, 0.25) is 0 Å². The van der Waals surface area contributed by atoms with Crippen LogP contribution in [0.4, 0.5) is 0 Å². The molecule has 0 amide bonds. The predicted molar refractivity (Wildman–Crippen MR) is 76.4 cm³/mol. The molecule has 2 nitrogen and oxygen atoms in total. The summed E-state index contributed by atoms with van der Waals surface area (Å²) in [5.41, 5.74) is 3.75. The van der Waals surface area contributed by atoms with Gasteiger partial charge in [0.25, 0.3) is 0 Å². The molecule has 0 spiro atoms. The van der Waals surface area contributed by atoms with Crippen molar-refractivity contribution in [2.75, 3.05) is 26.3 Å². The summed E-state index contributed by atoms with van der Waals surface area (Å²) in [6.45, 7) is 12.2. The Hall–Kier alpha value is -1.28. The molecule has 1 saturated heterocycles. The fourth-order valence-electron chi connectivity index (χ4n) is 2.32. The van der Waals surface area contributed by atoms with Crippen LogP contribution in [-0.4, -0.2) is 31.2 Å². The van der Waals surface area contributed by atoms with Crippen molar-refractivity contribution in [3.63, 3.8) is 0 Å². The van der Waals surface area contributed by atoms with Gasteiger partial charge in [0.15, 0.2) is 0 Å². The van der Waals surface area contributed by atoms with Crippen molar-refractivity contribution in [1.29, 1.82) is 0 Å². The van der Waals surface area contributed by atoms with Gasteiger partial charge in [-0.1, -0.05) is 44.7 Å². The van der Waals surface area contributed by atoms with E-state index in [4.69, 9.17) is 4.74 Å². The minimum absolute atomic E-state index is 0.707. The third-order valence-electron chi connectivity index (χ3n) is 3.32. The van der Waals surface area contributed by atoms with Gasteiger partial charge in [-0.25, -0.2) is 0 Å². The molecular formula is C16H23NO. The van der Waals surface area contributed by atoms with Crippen LogP contribution in [0.15, 0.2) is 30.8 Å². The van der Waals surface area contributed by atoms with Crippen LogP contribution in [-0.2, 0) is 11.2 Å². The molecule has 18 heavy (non-hydrogen) atoms. The number of rotatable bonds is 4. The average Bonchev–Trinajstić information content (AvgIpc) is 2.39. The van der Waals surface area contributed by atoms with Gasteiger partial charge >= 0.3 is 0 Å². The highest BCUT2D eigenvalue weighted by atomic mass is 16.5. The molecule has 1 aromatic carbocycles. The number of morpholine rings is 1. The number of ether oxygens (including phenoxy) is 1. The molecule has 1 aromatic rings. The van der Waals surface area contributed by atoms with Gasteiger partial charge in [-0.15, -0.1) is 0 Å². The van der Waals surface area contributed by atoms with E-state index in [1.807, 2.05) is 0 Å². The van der Waals surface area contributed by atoms with Crippen molar-refractivity contribution < 1.29 is 4.74 Å². The van der Waals surface area contributed by atoms with E-state index in [-0.39, 0.29) is 0 Å². The highest BCUT2D eigenvalue weighted by Crippen LogP contribution is 2.19. The molecule has 0 aliphatic carbocycles. The molecule has 0 radical (unpaired) electrons. The Morgan fingerprint density at radius 2 is 1.83 bits per heavy atom. The Labute approximate surface area is 110 Å². The molecule has 0 unspecified atom stereocenters. The first-order valence-corrected chi connectivity index (χ1v) is 6.77. The zero-order valence-electron chi connectivity index (χ0n) is 11.5. The molecule has 0 atom stereocenters. The first-order chi connectivity index (χ1) is 8.66. The normalized spacial score (nSPS) is 16.1. The van der Waals surface area contributed by atoms with Crippen LogP contribution in [0.5, 0.6) is 0 Å². The number of nitrogens with zero attached hydrogens (tertiary/aromatic N) is 1. The third-order valence-corrected chi connectivity index (χ3v) is 3.32. The van der Waals surface area contributed by atoms with Gasteiger partial charge < -0.3 is 9.64 Å². The molecule has 1 fully saturated rings. The quantitative estimate of drug-likeness (QED) is 0.807. The van der Waals surface area contributed by atoms with E-state index in [0.717, 1.165) is 38.4 Å². The van der Waals surface area contributed by atoms with E-state index in [1.165, 1.54) is 11.1 Å². The molecule has 2 rings (SSSR count). The number of hydrogen-bond acceptors (Lipinski definition) is 2. The van der Waals surface area contributed by atoms with Crippen LogP contribution in [0, 0.1) is 5.92 Å². The highest BCUT2D eigenvalue weighted by molar-refractivity contribution is 5.62. The number of hydrogen-bond donors (Lipinski definition) is 0. The third kappa shape index (κ3) is 3.36. The summed E-state index contributed by atoms with van der Waals surface area (Å²) in [6, 6.07) is 8.83. The second kappa shape index (κ2) is 6.05. The maximum Gasteiger partial charge on any atom is 0.0642 e. The van der Waals surface area contributed by atoms with Crippen molar-refractivity contribution in [2.45, 2.75) is 20.3 Å². The second-order valence-corrected chi connectivity index (χ2v) is 5.34. The fourth-order valence-corrected chi connectivity index (χ4v) is 2.32. The summed E-state index contributed by atoms with van der Waals surface area (Å²) >= 11 is 0. The molecule has 1 aliphatic heterocycles. The molecule has 98 valence electrons. The van der Waals surface area contributed by atoms with Crippen LogP contribution in [0.3, 0.4) is 0 Å². The van der Waals surface area contributed by atoms with Gasteiger partial charge in [-0.05, 0) is 23.5 Å². The van der Waals surface area contributed by atoms with E-state index in [0.29, 0.717) is 5.92 Å². The fraction of sp³-hybridized carbons (Fsp3) is 0.500. The Bertz CT molecular complexity index is 388. The molecule has 2 heteroatoms. The van der Waals surface area contributed by atoms with Gasteiger partial charge in [0.1, 0.15) is 0 Å². The van der Waals surface area contributed by atoms with Crippen LogP contribution in [0.25, 0.3) is 5.70 Å². The lowest BCUT2D eigenvalue weighted by Crippen LogP contribution is -2.34. The number of benzene rings is 1. The van der Waals surface area contributed by atoms with E-state index in [2.05, 4.69) is 49.6 Å². The molecule has 0 bridgehead atoms. The standard InChI is InChI=1S/C16H23NO/c1-13(2)12-15-4-6-16(7-5-15)14(3)17-8-10-18-11-9-17/h4-7,13H,3,8-12H2,1-2H3. The highest BCUT2D eigenvalue weighted by Gasteiger charge is 2.13. The summed E-state index contributed by atoms with van der Waals surface area (Å²) < 4.78 is 5.37. The lowest BCUT2D eigenvalue weighted by atomic mass is 10.0. The topological polar surface area (TPSA) is 12.5 Å². The maximum absolute atomic E-state index is 5.37.